The molecule has 4 radical (unpaired) electrons. The second-order valence-corrected chi connectivity index (χ2v) is 33.8. The minimum absolute atomic E-state index is 0. The van der Waals surface area contributed by atoms with Crippen molar-refractivity contribution < 1.29 is 136 Å². The van der Waals surface area contributed by atoms with E-state index in [0.29, 0.717) is 19.3 Å². The molecule has 7 aromatic heterocycles. The van der Waals surface area contributed by atoms with Gasteiger partial charge in [-0.1, -0.05) is 261 Å². The quantitative estimate of drug-likeness (QED) is 0.0252. The molecule has 0 atom stereocenters. The fourth-order valence-electron chi connectivity index (χ4n) is 17.7. The van der Waals surface area contributed by atoms with Crippen molar-refractivity contribution >= 4 is 111 Å². The molecular weight excluding hydrogens is 2720 g/mol. The normalized spacial score (nSPS) is 11.7. The van der Waals surface area contributed by atoms with Crippen molar-refractivity contribution in [1.82, 2.24) is 44.9 Å². The Morgan fingerprint density at radius 2 is 0.728 bits per heavy atom. The molecule has 0 fully saturated rings. The number of aryl methyl sites for hydroxylation is 4. The van der Waals surface area contributed by atoms with Crippen LogP contribution in [0.2, 0.25) is 0 Å². The first-order chi connectivity index (χ1) is 68.6. The monoisotopic (exact) mass is 2840 g/mol. The SMILES string of the molecule is C.CC(=O)C1=C(O)CCCC1=O.CC(=O)C=C(C)O.CC(=O)C=C(C)O.CCC1=C(CC)c2cc3[n-]c(cc4nc(cc5[n-]c(cc1n2)c(CC)c5CC)C(CC)=C4CC)c(CC)c3CC.[Ir].[Ir].[Ir].[Ir].[Pt+2].[c-]1ccc(-c2ccccc2)cc1-c1ccccn1.[c-]1ccccc1-c1nc2ccccc2c2ccccc12.[c-]1ccccc1-c1nc2ccccc2nc1-c1ccccc1.[c-]1ccccc1-c1nccc2ccccc12. The Morgan fingerprint density at radius 1 is 0.340 bits per heavy atom. The first-order valence-corrected chi connectivity index (χ1v) is 48.2. The molecule has 9 heterocycles. The number of ketones is 4. The summed E-state index contributed by atoms with van der Waals surface area (Å²) in [5, 5.41) is 31.9. The summed E-state index contributed by atoms with van der Waals surface area (Å²) in [5.41, 5.74) is 34.2. The summed E-state index contributed by atoms with van der Waals surface area (Å²) in [7, 11) is 0. The van der Waals surface area contributed by atoms with E-state index in [9.17, 15) is 19.2 Å². The predicted octanol–water partition coefficient (Wildman–Crippen LogP) is 30.7. The smallest absolute Gasteiger partial charge is 0.657 e. The van der Waals surface area contributed by atoms with Gasteiger partial charge in [-0.25, -0.2) is 9.97 Å². The van der Waals surface area contributed by atoms with Crippen LogP contribution >= 0.6 is 0 Å². The molecule has 762 valence electrons. The summed E-state index contributed by atoms with van der Waals surface area (Å²) in [6, 6.07) is 113. The Balaban J connectivity index is 0.000000239. The van der Waals surface area contributed by atoms with Gasteiger partial charge in [0.05, 0.1) is 62.1 Å². The Labute approximate surface area is 932 Å². The van der Waals surface area contributed by atoms with Crippen LogP contribution in [0.3, 0.4) is 0 Å². The molecule has 3 aliphatic rings. The average Bonchev–Trinajstić information content (AvgIpc) is 0.970. The van der Waals surface area contributed by atoms with Crippen molar-refractivity contribution in [3.63, 3.8) is 0 Å². The van der Waals surface area contributed by atoms with E-state index in [1.807, 2.05) is 182 Å². The van der Waals surface area contributed by atoms with Crippen LogP contribution in [0.4, 0.5) is 0 Å². The second-order valence-electron chi connectivity index (χ2n) is 33.8. The number of aliphatic hydroxyl groups is 3. The van der Waals surface area contributed by atoms with Crippen LogP contribution in [-0.4, -0.2) is 73.3 Å². The van der Waals surface area contributed by atoms with Crippen molar-refractivity contribution in [3.05, 3.63) is 414 Å². The molecule has 1 aliphatic carbocycles. The van der Waals surface area contributed by atoms with Crippen molar-refractivity contribution in [2.24, 2.45) is 0 Å². The van der Waals surface area contributed by atoms with Crippen LogP contribution < -0.4 is 9.97 Å². The van der Waals surface area contributed by atoms with E-state index in [4.69, 9.17) is 50.2 Å². The van der Waals surface area contributed by atoms with E-state index in [1.54, 1.807) is 6.20 Å². The van der Waals surface area contributed by atoms with Gasteiger partial charge in [0.15, 0.2) is 23.1 Å². The third-order valence-electron chi connectivity index (χ3n) is 24.0. The van der Waals surface area contributed by atoms with Crippen LogP contribution in [0.25, 0.3) is 155 Å². The van der Waals surface area contributed by atoms with Crippen molar-refractivity contribution in [2.45, 2.75) is 168 Å². The van der Waals surface area contributed by atoms with E-state index in [-0.39, 0.29) is 155 Å². The molecular formula is C126H121Ir4N9O7Pt-4. The number of rotatable bonds is 17. The van der Waals surface area contributed by atoms with E-state index < -0.39 is 0 Å². The standard InChI is InChI=1S/C36H44N4.C20H13N2.C19H12N.C17H12N.C15H10N.C8H10O3.2C5H8O2.CH4.4Ir.Pt/c1-9-21-22(10-2)30-18-32-25(13-5)26(14-6)34(39-32)20-36-28(16-8)27(15-7)35(40-36)19-33-24(12-4)23(11-3)31(38-33)17-29(21)37-30;1-3-9-15(10-4-1)19-20(16-11-5-2-6-12-16)22-18-14-8-7-13-17(18)21-19;1-2-8-14(9-3-1)19-17-12-5-4-10-15(17)16-11-6-7-13-18(16)20-19;1-2-7-14(8-3-1)15-9-6-10-16(13-15)17-11-4-5-12-18-17;1-2-7-13(8-3-1)15-14-9-5-4-6-12(14)10-11-16-15;1-5(9)8-6(10)3-2-4-7(8)11;2*1-4(6)3-5(2)7;;;;;;/h17-20H,9-16H2,1-8H3;1-11,13-14H;1-8,10-13H;1-9,11-13H;1-7,9-11H;10H,2-4H2,1H3;2*3,6H,1-2H3;1H4;;;;;/q-2;4*-1;;;;;;;;;+2. The zero-order valence-corrected chi connectivity index (χ0v) is 95.9. The minimum atomic E-state index is -0.327. The van der Waals surface area contributed by atoms with Crippen LogP contribution in [0.1, 0.15) is 187 Å². The first kappa shape index (κ1) is 121. The number of hydrogen-bond donors (Lipinski definition) is 3. The Hall–Kier alpha value is -13.0. The molecule has 21 heteroatoms. The molecule has 0 spiro atoms. The first-order valence-electron chi connectivity index (χ1n) is 48.2. The molecule has 16 nitrogen and oxygen atoms in total. The number of para-hydroxylation sites is 3. The summed E-state index contributed by atoms with van der Waals surface area (Å²) in [4.78, 5) is 86.1. The van der Waals surface area contributed by atoms with E-state index in [0.717, 1.165) is 169 Å². The predicted molar refractivity (Wildman–Crippen MR) is 584 cm³/mol. The van der Waals surface area contributed by atoms with Gasteiger partial charge < -0.3 is 35.3 Å². The van der Waals surface area contributed by atoms with E-state index in [2.05, 4.69) is 211 Å². The number of aromatic nitrogens is 9. The van der Waals surface area contributed by atoms with Crippen LogP contribution in [0, 0.1) is 24.3 Å². The molecule has 0 saturated carbocycles. The van der Waals surface area contributed by atoms with Gasteiger partial charge in [0.1, 0.15) is 5.76 Å². The van der Waals surface area contributed by atoms with Gasteiger partial charge in [0.2, 0.25) is 0 Å². The Morgan fingerprint density at radius 3 is 1.14 bits per heavy atom. The summed E-state index contributed by atoms with van der Waals surface area (Å²) in [6.45, 7) is 24.9. The van der Waals surface area contributed by atoms with Gasteiger partial charge in [-0.15, -0.1) is 165 Å². The van der Waals surface area contributed by atoms with Gasteiger partial charge >= 0.3 is 21.1 Å². The van der Waals surface area contributed by atoms with Crippen molar-refractivity contribution in [2.75, 3.05) is 0 Å². The number of hydrogen-bond acceptors (Lipinski definition) is 14. The van der Waals surface area contributed by atoms with Crippen LogP contribution in [0.5, 0.6) is 0 Å². The number of aliphatic hydroxyl groups excluding tert-OH is 3. The Bertz CT molecular complexity index is 7250. The molecule has 20 rings (SSSR count). The summed E-state index contributed by atoms with van der Waals surface area (Å²) in [6.07, 6.45) is 15.1. The maximum absolute atomic E-state index is 11.0. The third-order valence-corrected chi connectivity index (χ3v) is 24.0. The van der Waals surface area contributed by atoms with E-state index >= 15 is 0 Å². The van der Waals surface area contributed by atoms with Crippen LogP contribution in [0.15, 0.2) is 345 Å². The van der Waals surface area contributed by atoms with Gasteiger partial charge in [-0.2, -0.15) is 0 Å². The maximum atomic E-state index is 11.0. The average molecular weight is 2840 g/mol. The van der Waals surface area contributed by atoms with Crippen molar-refractivity contribution in [3.8, 4) is 67.4 Å². The number of Topliss-reactive ketones (excluding diaryl/α,β-unsaturated/α-hetero) is 2. The number of carbonyl (C=O) groups is 4. The fourth-order valence-corrected chi connectivity index (χ4v) is 17.7. The molecule has 0 saturated heterocycles. The largest absolute Gasteiger partial charge is 2.00 e. The van der Waals surface area contributed by atoms with Gasteiger partial charge in [-0.3, -0.25) is 34.1 Å². The Kier molecular flexibility index (Phi) is 49.6. The van der Waals surface area contributed by atoms with Gasteiger partial charge in [-0.05, 0) is 195 Å². The number of carbonyl (C=O) groups excluding carboxylic acids is 4. The molecule has 3 N–H and O–H groups in total. The maximum Gasteiger partial charge on any atom is 2.00 e. The molecule has 0 amide bonds. The topological polar surface area (TPSA) is 247 Å². The zero-order valence-electron chi connectivity index (χ0n) is 84.0. The number of allylic oxidation sites excluding steroid dienone is 10. The number of nitrogens with zero attached hydrogens (tertiary/aromatic N) is 9. The fraction of sp³-hybridized carbons (Fsp3) is 0.198. The molecule has 2 aliphatic heterocycles. The number of pyridine rings is 3. The van der Waals surface area contributed by atoms with E-state index in [1.165, 1.54) is 129 Å². The summed E-state index contributed by atoms with van der Waals surface area (Å²) < 4.78 is 0. The molecule has 147 heavy (non-hydrogen) atoms. The van der Waals surface area contributed by atoms with Crippen LogP contribution in [-0.2, 0) is 146 Å². The zero-order chi connectivity index (χ0) is 99.9. The summed E-state index contributed by atoms with van der Waals surface area (Å²) >= 11 is 0. The van der Waals surface area contributed by atoms with Gasteiger partial charge in [0, 0.05) is 129 Å². The molecule has 17 aromatic rings. The third kappa shape index (κ3) is 31.5. The van der Waals surface area contributed by atoms with Crippen molar-refractivity contribution in [1.29, 1.82) is 0 Å². The number of fused-ring (bicyclic) bond motifs is 13. The molecule has 0 unspecified atom stereocenters. The molecule has 8 bridgehead atoms. The minimum Gasteiger partial charge on any atom is -0.657 e. The summed E-state index contributed by atoms with van der Waals surface area (Å²) in [5.74, 6) is -0.706. The second kappa shape index (κ2) is 60.3. The van der Waals surface area contributed by atoms with Gasteiger partial charge in [0.25, 0.3) is 0 Å². The number of benzene rings is 10. The molecule has 10 aromatic carbocycles.